The molecule has 3 aromatic heterocycles. The van der Waals surface area contributed by atoms with Crippen molar-refractivity contribution in [3.8, 4) is 22.9 Å². The van der Waals surface area contributed by atoms with Crippen molar-refractivity contribution in [2.45, 2.75) is 12.8 Å². The first kappa shape index (κ1) is 30.9. The van der Waals surface area contributed by atoms with Gasteiger partial charge in [0.05, 0.1) is 51.1 Å². The predicted octanol–water partition coefficient (Wildman–Crippen LogP) is 11.6. The number of furan rings is 1. The van der Waals surface area contributed by atoms with Crippen LogP contribution in [0.4, 0.5) is 34.1 Å². The van der Waals surface area contributed by atoms with E-state index >= 15 is 0 Å². The van der Waals surface area contributed by atoms with E-state index in [1.165, 1.54) is 47.8 Å². The summed E-state index contributed by atoms with van der Waals surface area (Å²) in [5.74, 6) is 0. The van der Waals surface area contributed by atoms with Crippen LogP contribution in [0.3, 0.4) is 0 Å². The van der Waals surface area contributed by atoms with Gasteiger partial charge in [0.2, 0.25) is 0 Å². The minimum Gasteiger partial charge on any atom is -0.468 e. The average Bonchev–Trinajstić information content (AvgIpc) is 3.96. The molecule has 14 rings (SSSR count). The summed E-state index contributed by atoms with van der Waals surface area (Å²) >= 11 is 1.87. The summed E-state index contributed by atoms with van der Waals surface area (Å²) in [6.45, 7) is -0.215. The number of nitriles is 1. The maximum atomic E-state index is 10.8. The molecule has 1 aliphatic carbocycles. The number of hydrogen-bond acceptors (Lipinski definition) is 5. The third-order valence-corrected chi connectivity index (χ3v) is 14.1. The smallest absolute Gasteiger partial charge is 0.297 e. The Kier molecular flexibility index (Phi) is 5.85. The fourth-order valence-electron chi connectivity index (χ4n) is 10.6. The zero-order valence-electron chi connectivity index (χ0n) is 31.0. The summed E-state index contributed by atoms with van der Waals surface area (Å²) < 4.78 is 11.0. The number of fused-ring (bicyclic) bond motifs is 14. The molecule has 0 N–H and O–H groups in total. The molecule has 0 bridgehead atoms. The van der Waals surface area contributed by atoms with Gasteiger partial charge in [0.1, 0.15) is 5.58 Å². The fraction of sp³-hybridized carbons (Fsp3) is 0.0392. The summed E-state index contributed by atoms with van der Waals surface area (Å²) in [6.07, 6.45) is 6.67. The lowest BCUT2D eigenvalue weighted by atomic mass is 9.35. The molecule has 7 heteroatoms. The van der Waals surface area contributed by atoms with Gasteiger partial charge in [-0.05, 0) is 113 Å². The molecular formula is C51H29BN4OS. The van der Waals surface area contributed by atoms with Crippen LogP contribution in [0.5, 0.6) is 0 Å². The molecule has 0 saturated carbocycles. The first-order chi connectivity index (χ1) is 28.7. The summed E-state index contributed by atoms with van der Waals surface area (Å²) in [4.78, 5) is 6.20. The SMILES string of the molecule is N#Cc1cc2c3c(c1)N1c4c(cccc4-n4c5ccccc5c5cccc1c54)B3c1oc3ccc(-c4ccccc4)cc3c1N2c1ccc2sc3c(c2c1)CCC=C3. The average molecular weight is 757 g/mol. The number of para-hydroxylation sites is 3. The van der Waals surface area contributed by atoms with Gasteiger partial charge in [-0.25, -0.2) is 0 Å². The Morgan fingerprint density at radius 3 is 2.40 bits per heavy atom. The van der Waals surface area contributed by atoms with Crippen LogP contribution in [0, 0.1) is 11.3 Å². The number of aryl methyl sites for hydroxylation is 1. The second kappa shape index (κ2) is 11.0. The van der Waals surface area contributed by atoms with Crippen LogP contribution in [0.15, 0.2) is 150 Å². The van der Waals surface area contributed by atoms with Gasteiger partial charge in [-0.2, -0.15) is 5.26 Å². The summed E-state index contributed by atoms with van der Waals surface area (Å²) in [6, 6.07) is 53.1. The van der Waals surface area contributed by atoms with Gasteiger partial charge in [-0.1, -0.05) is 84.9 Å². The number of rotatable bonds is 2. The van der Waals surface area contributed by atoms with E-state index in [1.807, 2.05) is 11.3 Å². The molecule has 10 aromatic rings. The van der Waals surface area contributed by atoms with Crippen LogP contribution in [0.25, 0.3) is 65.8 Å². The lowest BCUT2D eigenvalue weighted by molar-refractivity contribution is 0.651. The Morgan fingerprint density at radius 1 is 0.655 bits per heavy atom. The Hall–Kier alpha value is -7.27. The van der Waals surface area contributed by atoms with Crippen LogP contribution in [-0.4, -0.2) is 11.3 Å². The standard InChI is InChI=1S/C51H29BN4OS/c53-28-29-24-42-47-43(25-29)56-40-17-8-14-35-33-12-4-6-16-39(33)55(48(35)40)41-18-9-15-38(50(41)56)52(47)51-49(37-26-31(20-22-44(37)57-51)30-10-2-1-3-11-30)54(42)32-21-23-46-36(27-32)34-13-5-7-19-45(34)58-46/h1-4,6-12,14-27H,5,13H2. The Morgan fingerprint density at radius 2 is 1.48 bits per heavy atom. The molecule has 7 aromatic carbocycles. The van der Waals surface area contributed by atoms with Crippen LogP contribution in [0.1, 0.15) is 22.4 Å². The number of nitrogens with zero attached hydrogens (tertiary/aromatic N) is 4. The molecular weight excluding hydrogens is 727 g/mol. The number of benzene rings is 7. The van der Waals surface area contributed by atoms with Crippen molar-refractivity contribution >= 4 is 118 Å². The van der Waals surface area contributed by atoms with Gasteiger partial charge in [0, 0.05) is 42.8 Å². The van der Waals surface area contributed by atoms with Crippen molar-refractivity contribution in [2.75, 3.05) is 9.80 Å². The zero-order chi connectivity index (χ0) is 37.8. The summed E-state index contributed by atoms with van der Waals surface area (Å²) in [5.41, 5.74) is 18.3. The van der Waals surface area contributed by atoms with Crippen molar-refractivity contribution < 1.29 is 4.42 Å². The third kappa shape index (κ3) is 3.81. The van der Waals surface area contributed by atoms with Gasteiger partial charge in [-0.15, -0.1) is 11.3 Å². The van der Waals surface area contributed by atoms with E-state index < -0.39 is 0 Å². The largest absolute Gasteiger partial charge is 0.468 e. The minimum absolute atomic E-state index is 0.215. The van der Waals surface area contributed by atoms with Crippen LogP contribution in [0.2, 0.25) is 0 Å². The van der Waals surface area contributed by atoms with Crippen LogP contribution < -0.4 is 26.4 Å². The summed E-state index contributed by atoms with van der Waals surface area (Å²) in [5, 5.41) is 15.7. The van der Waals surface area contributed by atoms with Crippen molar-refractivity contribution in [3.63, 3.8) is 0 Å². The zero-order valence-corrected chi connectivity index (χ0v) is 31.8. The molecule has 0 fully saturated rings. The third-order valence-electron chi connectivity index (χ3n) is 12.9. The highest BCUT2D eigenvalue weighted by Crippen LogP contribution is 2.53. The van der Waals surface area contributed by atoms with E-state index in [2.05, 4.69) is 172 Å². The van der Waals surface area contributed by atoms with Crippen molar-refractivity contribution in [1.29, 1.82) is 5.26 Å². The molecule has 0 amide bonds. The van der Waals surface area contributed by atoms with Crippen molar-refractivity contribution in [2.24, 2.45) is 0 Å². The number of thiophene rings is 1. The molecule has 6 heterocycles. The molecule has 0 spiro atoms. The number of anilines is 6. The number of aromatic nitrogens is 1. The molecule has 5 nitrogen and oxygen atoms in total. The molecule has 0 saturated heterocycles. The number of allylic oxidation sites excluding steroid dienone is 1. The van der Waals surface area contributed by atoms with Gasteiger partial charge < -0.3 is 18.8 Å². The maximum absolute atomic E-state index is 10.8. The quantitative estimate of drug-likeness (QED) is 0.165. The topological polar surface area (TPSA) is 48.3 Å². The lowest BCUT2D eigenvalue weighted by Gasteiger charge is -2.44. The molecule has 58 heavy (non-hydrogen) atoms. The Bertz CT molecular complexity index is 3570. The van der Waals surface area contributed by atoms with Gasteiger partial charge >= 0.3 is 0 Å². The van der Waals surface area contributed by atoms with Crippen molar-refractivity contribution in [3.05, 3.63) is 162 Å². The van der Waals surface area contributed by atoms with Gasteiger partial charge in [-0.3, -0.25) is 0 Å². The lowest BCUT2D eigenvalue weighted by Crippen LogP contribution is -2.61. The minimum atomic E-state index is -0.215. The van der Waals surface area contributed by atoms with E-state index in [9.17, 15) is 5.26 Å². The Balaban J connectivity index is 1.12. The predicted molar refractivity (Wildman–Crippen MR) is 241 cm³/mol. The van der Waals surface area contributed by atoms with Crippen LogP contribution >= 0.6 is 11.3 Å². The molecule has 0 atom stereocenters. The van der Waals surface area contributed by atoms with Crippen molar-refractivity contribution in [1.82, 2.24) is 4.57 Å². The van der Waals surface area contributed by atoms with Gasteiger partial charge in [0.25, 0.3) is 6.71 Å². The highest BCUT2D eigenvalue weighted by molar-refractivity contribution is 7.20. The highest BCUT2D eigenvalue weighted by atomic mass is 32.1. The molecule has 268 valence electrons. The second-order valence-electron chi connectivity index (χ2n) is 15.8. The molecule has 4 aliphatic rings. The molecule has 3 aliphatic heterocycles. The second-order valence-corrected chi connectivity index (χ2v) is 16.9. The van der Waals surface area contributed by atoms with E-state index in [-0.39, 0.29) is 6.71 Å². The monoisotopic (exact) mass is 756 g/mol. The van der Waals surface area contributed by atoms with E-state index in [4.69, 9.17) is 4.42 Å². The number of hydrogen-bond donors (Lipinski definition) is 0. The first-order valence-electron chi connectivity index (χ1n) is 19.9. The maximum Gasteiger partial charge on any atom is 0.297 e. The van der Waals surface area contributed by atoms with E-state index in [0.717, 1.165) is 85.9 Å². The van der Waals surface area contributed by atoms with Crippen LogP contribution in [-0.2, 0) is 6.42 Å². The van der Waals surface area contributed by atoms with Gasteiger partial charge in [0.15, 0.2) is 0 Å². The summed E-state index contributed by atoms with van der Waals surface area (Å²) in [7, 11) is 0. The van der Waals surface area contributed by atoms with E-state index in [0.29, 0.717) is 5.56 Å². The normalized spacial score (nSPS) is 14.2. The molecule has 0 unspecified atom stereocenters. The van der Waals surface area contributed by atoms with E-state index in [1.54, 1.807) is 0 Å². The molecule has 0 radical (unpaired) electrons. The first-order valence-corrected chi connectivity index (χ1v) is 20.7. The highest BCUT2D eigenvalue weighted by Gasteiger charge is 2.49. The Labute approximate surface area is 337 Å². The fourth-order valence-corrected chi connectivity index (χ4v) is 11.8.